The number of halogens is 1. The summed E-state index contributed by atoms with van der Waals surface area (Å²) >= 11 is 5.09. The van der Waals surface area contributed by atoms with Crippen molar-refractivity contribution in [1.29, 1.82) is 0 Å². The lowest BCUT2D eigenvalue weighted by molar-refractivity contribution is 0.617. The van der Waals surface area contributed by atoms with Gasteiger partial charge in [0.05, 0.1) is 11.8 Å². The number of nitrogens with zero attached hydrogens (tertiary/aromatic N) is 3. The number of hydrogen-bond acceptors (Lipinski definition) is 3. The summed E-state index contributed by atoms with van der Waals surface area (Å²) in [4.78, 5) is 3.70. The third-order valence-corrected chi connectivity index (χ3v) is 2.53. The minimum Gasteiger partial charge on any atom is -0.300 e. The van der Waals surface area contributed by atoms with Crippen molar-refractivity contribution in [2.75, 3.05) is 0 Å². The average molecular weight is 238 g/mol. The van der Waals surface area contributed by atoms with Crippen molar-refractivity contribution in [2.24, 2.45) is 0 Å². The molecule has 0 amide bonds. The summed E-state index contributed by atoms with van der Waals surface area (Å²) in [6.07, 6.45) is 3.61. The summed E-state index contributed by atoms with van der Waals surface area (Å²) < 4.78 is 15.8. The second-order valence-electron chi connectivity index (χ2n) is 3.36. The zero-order chi connectivity index (χ0) is 11.5. The lowest BCUT2D eigenvalue weighted by Gasteiger charge is -2.05. The van der Waals surface area contributed by atoms with Crippen molar-refractivity contribution in [1.82, 2.24) is 19.7 Å². The van der Waals surface area contributed by atoms with Crippen LogP contribution in [0.2, 0.25) is 0 Å². The normalized spacial score (nSPS) is 10.6. The standard InChI is InChI=1S/C10H11FN4S/c1-2-5-15-9(13-14-10(15)16)7-3-4-12-6-8(7)11/h3-4,6H,2,5H2,1H3,(H,14,16). The summed E-state index contributed by atoms with van der Waals surface area (Å²) in [6.45, 7) is 2.74. The van der Waals surface area contributed by atoms with Gasteiger partial charge >= 0.3 is 0 Å². The Morgan fingerprint density at radius 1 is 1.56 bits per heavy atom. The Bertz CT molecular complexity index is 546. The van der Waals surface area contributed by atoms with Crippen molar-refractivity contribution in [3.8, 4) is 11.4 Å². The van der Waals surface area contributed by atoms with Crippen LogP contribution in [0, 0.1) is 10.6 Å². The highest BCUT2D eigenvalue weighted by atomic mass is 32.1. The maximum atomic E-state index is 13.5. The van der Waals surface area contributed by atoms with Crippen LogP contribution < -0.4 is 0 Å². The molecule has 2 heterocycles. The van der Waals surface area contributed by atoms with E-state index in [0.29, 0.717) is 22.7 Å². The topological polar surface area (TPSA) is 46.5 Å². The lowest BCUT2D eigenvalue weighted by Crippen LogP contribution is -2.01. The summed E-state index contributed by atoms with van der Waals surface area (Å²) in [5.74, 6) is 0.126. The van der Waals surface area contributed by atoms with Crippen molar-refractivity contribution in [3.05, 3.63) is 29.0 Å². The first-order chi connectivity index (χ1) is 7.74. The maximum absolute atomic E-state index is 13.5. The van der Waals surface area contributed by atoms with E-state index < -0.39 is 5.82 Å². The minimum atomic E-state index is -0.395. The number of aromatic nitrogens is 4. The first-order valence-electron chi connectivity index (χ1n) is 4.99. The third-order valence-electron chi connectivity index (χ3n) is 2.22. The molecule has 0 fully saturated rings. The minimum absolute atomic E-state index is 0.395. The number of H-pyrrole nitrogens is 1. The molecule has 0 aliphatic rings. The fourth-order valence-electron chi connectivity index (χ4n) is 1.51. The quantitative estimate of drug-likeness (QED) is 0.836. The number of rotatable bonds is 3. The van der Waals surface area contributed by atoms with Crippen LogP contribution in [-0.2, 0) is 6.54 Å². The largest absolute Gasteiger partial charge is 0.300 e. The molecule has 0 aliphatic heterocycles. The smallest absolute Gasteiger partial charge is 0.195 e. The second kappa shape index (κ2) is 4.52. The van der Waals surface area contributed by atoms with Crippen LogP contribution in [0.3, 0.4) is 0 Å². The highest BCUT2D eigenvalue weighted by Crippen LogP contribution is 2.19. The molecule has 1 N–H and O–H groups in total. The van der Waals surface area contributed by atoms with Gasteiger partial charge in [0.2, 0.25) is 0 Å². The fraction of sp³-hybridized carbons (Fsp3) is 0.300. The molecule has 2 rings (SSSR count). The lowest BCUT2D eigenvalue weighted by atomic mass is 10.2. The average Bonchev–Trinajstić information content (AvgIpc) is 2.62. The Labute approximate surface area is 97.2 Å². The molecule has 0 atom stereocenters. The van der Waals surface area contributed by atoms with Gasteiger partial charge < -0.3 is 4.57 Å². The molecule has 6 heteroatoms. The van der Waals surface area contributed by atoms with E-state index in [2.05, 4.69) is 15.2 Å². The van der Waals surface area contributed by atoms with Gasteiger partial charge in [0, 0.05) is 12.7 Å². The highest BCUT2D eigenvalue weighted by Gasteiger charge is 2.12. The molecular weight excluding hydrogens is 227 g/mol. The van der Waals surface area contributed by atoms with Gasteiger partial charge in [-0.05, 0) is 24.7 Å². The number of nitrogens with one attached hydrogen (secondary N) is 1. The SMILES string of the molecule is CCCn1c(-c2ccncc2F)n[nH]c1=S. The van der Waals surface area contributed by atoms with Crippen LogP contribution in [-0.4, -0.2) is 19.7 Å². The van der Waals surface area contributed by atoms with E-state index in [-0.39, 0.29) is 0 Å². The Kier molecular flexibility index (Phi) is 3.09. The first kappa shape index (κ1) is 10.9. The van der Waals surface area contributed by atoms with Crippen LogP contribution in [0.4, 0.5) is 4.39 Å². The Hall–Kier alpha value is -1.56. The van der Waals surface area contributed by atoms with Crippen molar-refractivity contribution in [3.63, 3.8) is 0 Å². The van der Waals surface area contributed by atoms with E-state index >= 15 is 0 Å². The van der Waals surface area contributed by atoms with Crippen LogP contribution in [0.5, 0.6) is 0 Å². The van der Waals surface area contributed by atoms with Gasteiger partial charge in [-0.3, -0.25) is 10.1 Å². The highest BCUT2D eigenvalue weighted by molar-refractivity contribution is 7.71. The summed E-state index contributed by atoms with van der Waals surface area (Å²) in [6, 6.07) is 1.59. The molecule has 0 spiro atoms. The number of pyridine rings is 1. The molecule has 2 aromatic heterocycles. The van der Waals surface area contributed by atoms with Gasteiger partial charge in [-0.1, -0.05) is 6.92 Å². The van der Waals surface area contributed by atoms with Gasteiger partial charge in [0.25, 0.3) is 0 Å². The van der Waals surface area contributed by atoms with E-state index in [0.717, 1.165) is 6.42 Å². The zero-order valence-corrected chi connectivity index (χ0v) is 9.59. The molecular formula is C10H11FN4S. The second-order valence-corrected chi connectivity index (χ2v) is 3.75. The molecule has 0 saturated heterocycles. The van der Waals surface area contributed by atoms with Crippen LogP contribution in [0.25, 0.3) is 11.4 Å². The summed E-state index contributed by atoms with van der Waals surface area (Å²) in [5, 5.41) is 6.72. The fourth-order valence-corrected chi connectivity index (χ4v) is 1.73. The molecule has 2 aromatic rings. The summed E-state index contributed by atoms with van der Waals surface area (Å²) in [7, 11) is 0. The van der Waals surface area contributed by atoms with Crippen molar-refractivity contribution < 1.29 is 4.39 Å². The molecule has 0 aliphatic carbocycles. The Morgan fingerprint density at radius 3 is 3.06 bits per heavy atom. The van der Waals surface area contributed by atoms with E-state index in [1.54, 1.807) is 10.6 Å². The van der Waals surface area contributed by atoms with Crippen molar-refractivity contribution in [2.45, 2.75) is 19.9 Å². The summed E-state index contributed by atoms with van der Waals surface area (Å²) in [5.41, 5.74) is 0.413. The molecule has 4 nitrogen and oxygen atoms in total. The van der Waals surface area contributed by atoms with Crippen LogP contribution >= 0.6 is 12.2 Å². The van der Waals surface area contributed by atoms with E-state index in [4.69, 9.17) is 12.2 Å². The maximum Gasteiger partial charge on any atom is 0.195 e. The predicted molar refractivity (Wildman–Crippen MR) is 60.9 cm³/mol. The van der Waals surface area contributed by atoms with Gasteiger partial charge in [-0.25, -0.2) is 4.39 Å². The molecule has 16 heavy (non-hydrogen) atoms. The molecule has 0 aromatic carbocycles. The Morgan fingerprint density at radius 2 is 2.38 bits per heavy atom. The molecule has 0 radical (unpaired) electrons. The van der Waals surface area contributed by atoms with Crippen LogP contribution in [0.15, 0.2) is 18.5 Å². The van der Waals surface area contributed by atoms with Gasteiger partial charge in [0.15, 0.2) is 16.4 Å². The predicted octanol–water partition coefficient (Wildman–Crippen LogP) is 2.55. The van der Waals surface area contributed by atoms with Gasteiger partial charge in [-0.2, -0.15) is 5.10 Å². The Balaban J connectivity index is 2.56. The van der Waals surface area contributed by atoms with Gasteiger partial charge in [-0.15, -0.1) is 0 Å². The zero-order valence-electron chi connectivity index (χ0n) is 8.77. The van der Waals surface area contributed by atoms with E-state index in [1.165, 1.54) is 12.4 Å². The van der Waals surface area contributed by atoms with Crippen molar-refractivity contribution >= 4 is 12.2 Å². The van der Waals surface area contributed by atoms with Crippen LogP contribution in [0.1, 0.15) is 13.3 Å². The molecule has 0 bridgehead atoms. The van der Waals surface area contributed by atoms with E-state index in [9.17, 15) is 4.39 Å². The number of aromatic amines is 1. The monoisotopic (exact) mass is 238 g/mol. The first-order valence-corrected chi connectivity index (χ1v) is 5.40. The van der Waals surface area contributed by atoms with Gasteiger partial charge in [0.1, 0.15) is 0 Å². The molecule has 0 unspecified atom stereocenters. The van der Waals surface area contributed by atoms with E-state index in [1.807, 2.05) is 6.92 Å². The number of hydrogen-bond donors (Lipinski definition) is 1. The third kappa shape index (κ3) is 1.88. The molecule has 84 valence electrons. The molecule has 0 saturated carbocycles.